The predicted octanol–water partition coefficient (Wildman–Crippen LogP) is 3.72. The van der Waals surface area contributed by atoms with Crippen LogP contribution in [0.3, 0.4) is 0 Å². The molecule has 1 aliphatic carbocycles. The van der Waals surface area contributed by atoms with Gasteiger partial charge in [-0.05, 0) is 34.8 Å². The third kappa shape index (κ3) is 1.40. The Hall–Kier alpha value is -2.02. The molecule has 0 aromatic heterocycles. The Morgan fingerprint density at radius 1 is 0.944 bits per heavy atom. The third-order valence-corrected chi connectivity index (χ3v) is 3.86. The van der Waals surface area contributed by atoms with E-state index in [4.69, 9.17) is 4.74 Å². The van der Waals surface area contributed by atoms with Crippen molar-refractivity contribution >= 4 is 11.6 Å². The Labute approximate surface area is 107 Å². The van der Waals surface area contributed by atoms with Gasteiger partial charge in [-0.3, -0.25) is 0 Å². The molecule has 2 aromatic rings. The normalized spacial score (nSPS) is 15.9. The summed E-state index contributed by atoms with van der Waals surface area (Å²) in [5.41, 5.74) is 7.01. The quantitative estimate of drug-likeness (QED) is 0.730. The van der Waals surface area contributed by atoms with Crippen LogP contribution in [0.25, 0.3) is 11.6 Å². The second kappa shape index (κ2) is 3.74. The Morgan fingerprint density at radius 3 is 2.72 bits per heavy atom. The van der Waals surface area contributed by atoms with Crippen molar-refractivity contribution in [2.75, 3.05) is 6.61 Å². The van der Waals surface area contributed by atoms with Gasteiger partial charge in [0.25, 0.3) is 0 Å². The van der Waals surface area contributed by atoms with Crippen LogP contribution < -0.4 is 4.74 Å². The maximum absolute atomic E-state index is 5.64. The molecule has 1 aliphatic heterocycles. The molecule has 0 unspecified atom stereocenters. The average Bonchev–Trinajstić information content (AvgIpc) is 3.05. The zero-order chi connectivity index (χ0) is 11.9. The lowest BCUT2D eigenvalue weighted by atomic mass is 10.0. The molecule has 0 amide bonds. The summed E-state index contributed by atoms with van der Waals surface area (Å²) in [6.07, 6.45) is 4.45. The molecule has 2 aliphatic rings. The fourth-order valence-corrected chi connectivity index (χ4v) is 2.95. The van der Waals surface area contributed by atoms with Gasteiger partial charge >= 0.3 is 0 Å². The SMILES string of the molecule is C1=C(c2ccccc2)Cc2ccc3c(c21)CCO3. The second-order valence-corrected chi connectivity index (χ2v) is 4.93. The predicted molar refractivity (Wildman–Crippen MR) is 73.7 cm³/mol. The summed E-state index contributed by atoms with van der Waals surface area (Å²) in [6.45, 7) is 0.834. The van der Waals surface area contributed by atoms with Crippen LogP contribution >= 0.6 is 0 Å². The number of rotatable bonds is 1. The average molecular weight is 234 g/mol. The lowest BCUT2D eigenvalue weighted by molar-refractivity contribution is 0.357. The highest BCUT2D eigenvalue weighted by Crippen LogP contribution is 2.39. The van der Waals surface area contributed by atoms with E-state index in [9.17, 15) is 0 Å². The van der Waals surface area contributed by atoms with Crippen LogP contribution in [0, 0.1) is 0 Å². The molecule has 0 N–H and O–H groups in total. The van der Waals surface area contributed by atoms with Gasteiger partial charge in [0.1, 0.15) is 5.75 Å². The molecule has 88 valence electrons. The number of allylic oxidation sites excluding steroid dienone is 1. The topological polar surface area (TPSA) is 9.23 Å². The monoisotopic (exact) mass is 234 g/mol. The molecule has 0 saturated heterocycles. The third-order valence-electron chi connectivity index (χ3n) is 3.86. The van der Waals surface area contributed by atoms with Crippen molar-refractivity contribution in [1.29, 1.82) is 0 Å². The molecule has 0 fully saturated rings. The zero-order valence-corrected chi connectivity index (χ0v) is 10.1. The summed E-state index contributed by atoms with van der Waals surface area (Å²) in [6, 6.07) is 15.0. The lowest BCUT2D eigenvalue weighted by Gasteiger charge is -2.04. The highest BCUT2D eigenvalue weighted by molar-refractivity contribution is 5.90. The summed E-state index contributed by atoms with van der Waals surface area (Å²) in [5, 5.41) is 0. The van der Waals surface area contributed by atoms with Crippen molar-refractivity contribution in [1.82, 2.24) is 0 Å². The Balaban J connectivity index is 1.82. The smallest absolute Gasteiger partial charge is 0.123 e. The Bertz CT molecular complexity index is 638. The van der Waals surface area contributed by atoms with Crippen molar-refractivity contribution in [3.63, 3.8) is 0 Å². The Morgan fingerprint density at radius 2 is 1.83 bits per heavy atom. The molecular weight excluding hydrogens is 220 g/mol. The largest absolute Gasteiger partial charge is 0.493 e. The molecule has 18 heavy (non-hydrogen) atoms. The fraction of sp³-hybridized carbons (Fsp3) is 0.176. The van der Waals surface area contributed by atoms with Crippen molar-refractivity contribution in [3.8, 4) is 5.75 Å². The van der Waals surface area contributed by atoms with Crippen molar-refractivity contribution in [2.24, 2.45) is 0 Å². The van der Waals surface area contributed by atoms with E-state index >= 15 is 0 Å². The Kier molecular flexibility index (Phi) is 2.07. The molecule has 4 rings (SSSR count). The molecule has 1 nitrogen and oxygen atoms in total. The molecule has 0 radical (unpaired) electrons. The van der Waals surface area contributed by atoms with Gasteiger partial charge in [-0.25, -0.2) is 0 Å². The van der Waals surface area contributed by atoms with Gasteiger partial charge in [-0.15, -0.1) is 0 Å². The van der Waals surface area contributed by atoms with E-state index in [1.165, 1.54) is 27.8 Å². The summed E-state index contributed by atoms with van der Waals surface area (Å²) in [4.78, 5) is 0. The first kappa shape index (κ1) is 9.95. The number of ether oxygens (including phenoxy) is 1. The van der Waals surface area contributed by atoms with Crippen LogP contribution in [0.5, 0.6) is 5.75 Å². The standard InChI is InChI=1S/C17H14O/c1-2-4-12(5-3-1)14-10-13-6-7-17-15(8-9-18-17)16(13)11-14/h1-7,11H,8-10H2. The van der Waals surface area contributed by atoms with E-state index in [0.717, 1.165) is 25.2 Å². The van der Waals surface area contributed by atoms with E-state index in [1.54, 1.807) is 0 Å². The maximum atomic E-state index is 5.64. The number of hydrogen-bond acceptors (Lipinski definition) is 1. The minimum absolute atomic E-state index is 0.834. The molecule has 2 aromatic carbocycles. The van der Waals surface area contributed by atoms with Gasteiger partial charge in [-0.2, -0.15) is 0 Å². The second-order valence-electron chi connectivity index (χ2n) is 4.93. The van der Waals surface area contributed by atoms with E-state index in [0.29, 0.717) is 0 Å². The zero-order valence-electron chi connectivity index (χ0n) is 10.1. The van der Waals surface area contributed by atoms with Gasteiger partial charge < -0.3 is 4.74 Å². The molecule has 0 spiro atoms. The van der Waals surface area contributed by atoms with E-state index in [1.807, 2.05) is 0 Å². The molecule has 0 atom stereocenters. The summed E-state index contributed by atoms with van der Waals surface area (Å²) < 4.78 is 5.64. The first-order valence-electron chi connectivity index (χ1n) is 6.45. The van der Waals surface area contributed by atoms with Crippen LogP contribution in [0.1, 0.15) is 22.3 Å². The minimum atomic E-state index is 0.834. The maximum Gasteiger partial charge on any atom is 0.123 e. The highest BCUT2D eigenvalue weighted by atomic mass is 16.5. The van der Waals surface area contributed by atoms with Gasteiger partial charge in [0.15, 0.2) is 0 Å². The van der Waals surface area contributed by atoms with Gasteiger partial charge in [0.05, 0.1) is 6.61 Å². The molecule has 0 saturated carbocycles. The van der Waals surface area contributed by atoms with E-state index < -0.39 is 0 Å². The fourth-order valence-electron chi connectivity index (χ4n) is 2.95. The first-order chi connectivity index (χ1) is 8.92. The van der Waals surface area contributed by atoms with E-state index in [-0.39, 0.29) is 0 Å². The summed E-state index contributed by atoms with van der Waals surface area (Å²) in [5.74, 6) is 1.08. The van der Waals surface area contributed by atoms with E-state index in [2.05, 4.69) is 48.5 Å². The van der Waals surface area contributed by atoms with Crippen LogP contribution in [0.2, 0.25) is 0 Å². The van der Waals surface area contributed by atoms with Crippen LogP contribution in [-0.4, -0.2) is 6.61 Å². The first-order valence-corrected chi connectivity index (χ1v) is 6.45. The molecule has 1 heteroatoms. The number of hydrogen-bond donors (Lipinski definition) is 0. The molecule has 0 bridgehead atoms. The van der Waals surface area contributed by atoms with Crippen LogP contribution in [0.15, 0.2) is 42.5 Å². The van der Waals surface area contributed by atoms with Crippen molar-refractivity contribution in [3.05, 3.63) is 64.7 Å². The number of fused-ring (bicyclic) bond motifs is 3. The molecule has 1 heterocycles. The minimum Gasteiger partial charge on any atom is -0.493 e. The van der Waals surface area contributed by atoms with Gasteiger partial charge in [0, 0.05) is 12.0 Å². The van der Waals surface area contributed by atoms with Gasteiger partial charge in [-0.1, -0.05) is 42.5 Å². The van der Waals surface area contributed by atoms with Gasteiger partial charge in [0.2, 0.25) is 0 Å². The lowest BCUT2D eigenvalue weighted by Crippen LogP contribution is -1.88. The van der Waals surface area contributed by atoms with Crippen LogP contribution in [0.4, 0.5) is 0 Å². The summed E-state index contributed by atoms with van der Waals surface area (Å²) >= 11 is 0. The van der Waals surface area contributed by atoms with Crippen LogP contribution in [-0.2, 0) is 12.8 Å². The van der Waals surface area contributed by atoms with Crippen molar-refractivity contribution < 1.29 is 4.74 Å². The highest BCUT2D eigenvalue weighted by Gasteiger charge is 2.22. The van der Waals surface area contributed by atoms with Crippen molar-refractivity contribution in [2.45, 2.75) is 12.8 Å². The summed E-state index contributed by atoms with van der Waals surface area (Å²) in [7, 11) is 0. The number of benzene rings is 2. The molecular formula is C17H14O.